The zero-order chi connectivity index (χ0) is 22.8. The Kier molecular flexibility index (Phi) is 11.4. The van der Waals surface area contributed by atoms with Crippen molar-refractivity contribution >= 4 is 16.4 Å². The molecule has 1 nitrogen and oxygen atoms in total. The normalized spacial score (nSPS) is 14.7. The molecule has 173 valence electrons. The molecule has 0 spiro atoms. The fourth-order valence-electron chi connectivity index (χ4n) is 4.78. The summed E-state index contributed by atoms with van der Waals surface area (Å²) in [5, 5.41) is 0.0544. The summed E-state index contributed by atoms with van der Waals surface area (Å²) in [4.78, 5) is 0. The molecule has 0 aliphatic carbocycles. The molecule has 1 radical (unpaired) electrons. The second-order valence-corrected chi connectivity index (χ2v) is 21.6. The van der Waals surface area contributed by atoms with E-state index in [0.29, 0.717) is 11.3 Å². The molecule has 0 fully saturated rings. The maximum absolute atomic E-state index is 14.3. The molecule has 0 aliphatic rings. The minimum absolute atomic E-state index is 0.0544. The summed E-state index contributed by atoms with van der Waals surface area (Å²) in [5.41, 5.74) is 0.433. The largest absolute Gasteiger partial charge is 0.541 e. The standard InChI is InChI=1S/C26H48FOSi2/c1-9-29(8,10-2)21-17-13-11-12-14-18-22-30(23(3)4,26(5,6)7)28-25-20-16-15-19-24(25)27/h15-16,20,23H,9-14,17-18,21-22H2,1-8H3. The highest BCUT2D eigenvalue weighted by atomic mass is 28.4. The zero-order valence-corrected chi connectivity index (χ0v) is 23.2. The molecule has 0 aromatic heterocycles. The van der Waals surface area contributed by atoms with Gasteiger partial charge in [0.15, 0.2) is 5.82 Å². The van der Waals surface area contributed by atoms with Crippen LogP contribution in [-0.4, -0.2) is 16.4 Å². The van der Waals surface area contributed by atoms with Gasteiger partial charge in [-0.15, -0.1) is 0 Å². The topological polar surface area (TPSA) is 9.23 Å². The highest BCUT2D eigenvalue weighted by Gasteiger charge is 2.50. The summed E-state index contributed by atoms with van der Waals surface area (Å²) >= 11 is 0. The minimum atomic E-state index is -2.21. The first-order chi connectivity index (χ1) is 14.0. The van der Waals surface area contributed by atoms with Crippen LogP contribution in [0.15, 0.2) is 18.2 Å². The van der Waals surface area contributed by atoms with E-state index in [-0.39, 0.29) is 10.9 Å². The van der Waals surface area contributed by atoms with Crippen molar-refractivity contribution in [3.05, 3.63) is 30.1 Å². The number of hydrogen-bond donors (Lipinski definition) is 0. The second kappa shape index (κ2) is 12.4. The molecule has 1 aromatic carbocycles. The predicted molar refractivity (Wildman–Crippen MR) is 136 cm³/mol. The van der Waals surface area contributed by atoms with Gasteiger partial charge >= 0.3 is 0 Å². The first kappa shape index (κ1) is 27.4. The maximum atomic E-state index is 14.3. The lowest BCUT2D eigenvalue weighted by Crippen LogP contribution is -2.53. The van der Waals surface area contributed by atoms with Gasteiger partial charge in [0.1, 0.15) is 5.75 Å². The summed E-state index contributed by atoms with van der Waals surface area (Å²) < 4.78 is 20.9. The van der Waals surface area contributed by atoms with E-state index in [1.165, 1.54) is 56.7 Å². The van der Waals surface area contributed by atoms with Crippen molar-refractivity contribution in [1.82, 2.24) is 0 Å². The first-order valence-electron chi connectivity index (χ1n) is 12.4. The van der Waals surface area contributed by atoms with E-state index in [1.807, 2.05) is 6.07 Å². The molecule has 0 aliphatic heterocycles. The van der Waals surface area contributed by atoms with Gasteiger partial charge < -0.3 is 4.43 Å². The van der Waals surface area contributed by atoms with Crippen molar-refractivity contribution in [1.29, 1.82) is 0 Å². The summed E-state index contributed by atoms with van der Waals surface area (Å²) in [7, 11) is -3.13. The molecule has 1 atom stereocenters. The van der Waals surface area contributed by atoms with Crippen molar-refractivity contribution < 1.29 is 8.82 Å². The lowest BCUT2D eigenvalue weighted by atomic mass is 10.1. The number of unbranched alkanes of at least 4 members (excludes halogenated alkanes) is 5. The Bertz CT molecular complexity index is 607. The van der Waals surface area contributed by atoms with Crippen molar-refractivity contribution in [2.24, 2.45) is 0 Å². The Labute approximate surface area is 189 Å². The van der Waals surface area contributed by atoms with Crippen molar-refractivity contribution in [3.63, 3.8) is 0 Å². The van der Waals surface area contributed by atoms with Crippen molar-refractivity contribution in [2.45, 2.75) is 128 Å². The van der Waals surface area contributed by atoms with Crippen LogP contribution in [0.25, 0.3) is 0 Å². The lowest BCUT2D eigenvalue weighted by molar-refractivity contribution is 0.424. The molecule has 0 bridgehead atoms. The summed E-state index contributed by atoms with van der Waals surface area (Å²) in [5.74, 6) is 0.0424. The molecule has 1 rings (SSSR count). The molecule has 1 unspecified atom stereocenters. The predicted octanol–water partition coefficient (Wildman–Crippen LogP) is 9.62. The van der Waals surface area contributed by atoms with Crippen LogP contribution in [-0.2, 0) is 0 Å². The summed E-state index contributed by atoms with van der Waals surface area (Å²) in [6, 6.07) is 13.3. The molecular weight excluding hydrogens is 403 g/mol. The molecule has 0 amide bonds. The lowest BCUT2D eigenvalue weighted by Gasteiger charge is -2.45. The van der Waals surface area contributed by atoms with Gasteiger partial charge in [-0.25, -0.2) is 4.39 Å². The molecule has 0 saturated heterocycles. The number of hydrogen-bond acceptors (Lipinski definition) is 1. The molecular formula is C26H48FOSi2. The van der Waals surface area contributed by atoms with Gasteiger partial charge in [0.05, 0.1) is 0 Å². The summed E-state index contributed by atoms with van der Waals surface area (Å²) in [6.07, 6.45) is 7.93. The number of rotatable bonds is 14. The van der Waals surface area contributed by atoms with Gasteiger partial charge in [0, 0.05) is 14.1 Å². The smallest absolute Gasteiger partial charge is 0.259 e. The Morgan fingerprint density at radius 3 is 1.97 bits per heavy atom. The minimum Gasteiger partial charge on any atom is -0.541 e. The molecule has 1 aromatic rings. The molecule has 30 heavy (non-hydrogen) atoms. The van der Waals surface area contributed by atoms with Gasteiger partial charge in [-0.2, -0.15) is 0 Å². The molecule has 0 heterocycles. The maximum Gasteiger partial charge on any atom is 0.259 e. The van der Waals surface area contributed by atoms with E-state index < -0.39 is 16.4 Å². The SMILES string of the molecule is CC[Si](C)(CC)CCCCCCCC[Si](Oc1ccc[c]c1F)(C(C)C)C(C)(C)C. The van der Waals surface area contributed by atoms with Crippen LogP contribution in [0, 0.1) is 11.9 Å². The number of benzene rings is 1. The van der Waals surface area contributed by atoms with Gasteiger partial charge in [0.25, 0.3) is 8.32 Å². The molecule has 4 heteroatoms. The van der Waals surface area contributed by atoms with E-state index in [1.54, 1.807) is 12.1 Å². The third-order valence-corrected chi connectivity index (χ3v) is 18.6. The van der Waals surface area contributed by atoms with Crippen LogP contribution in [0.1, 0.15) is 87.0 Å². The third kappa shape index (κ3) is 7.82. The summed E-state index contributed by atoms with van der Waals surface area (Å²) in [6.45, 7) is 18.7. The van der Waals surface area contributed by atoms with Crippen LogP contribution >= 0.6 is 0 Å². The van der Waals surface area contributed by atoms with Crippen LogP contribution < -0.4 is 4.43 Å². The van der Waals surface area contributed by atoms with Crippen LogP contribution in [0.2, 0.25) is 41.3 Å². The van der Waals surface area contributed by atoms with Gasteiger partial charge in [-0.3, -0.25) is 0 Å². The van der Waals surface area contributed by atoms with Gasteiger partial charge in [-0.05, 0) is 22.7 Å². The van der Waals surface area contributed by atoms with E-state index >= 15 is 0 Å². The monoisotopic (exact) mass is 451 g/mol. The second-order valence-electron chi connectivity index (χ2n) is 10.9. The average Bonchev–Trinajstić information content (AvgIpc) is 2.69. The van der Waals surface area contributed by atoms with Crippen molar-refractivity contribution in [3.8, 4) is 5.75 Å². The third-order valence-electron chi connectivity index (χ3n) is 7.55. The highest BCUT2D eigenvalue weighted by Crippen LogP contribution is 2.48. The quantitative estimate of drug-likeness (QED) is 0.202. The van der Waals surface area contributed by atoms with E-state index in [2.05, 4.69) is 61.1 Å². The fraction of sp³-hybridized carbons (Fsp3) is 0.769. The van der Waals surface area contributed by atoms with Crippen LogP contribution in [0.3, 0.4) is 0 Å². The van der Waals surface area contributed by atoms with E-state index in [4.69, 9.17) is 4.43 Å². The average molecular weight is 452 g/mol. The Balaban J connectivity index is 2.59. The number of halogens is 1. The fourth-order valence-corrected chi connectivity index (χ4v) is 12.1. The van der Waals surface area contributed by atoms with Gasteiger partial charge in [0.2, 0.25) is 0 Å². The van der Waals surface area contributed by atoms with Crippen LogP contribution in [0.4, 0.5) is 4.39 Å². The molecule has 0 N–H and O–H groups in total. The van der Waals surface area contributed by atoms with E-state index in [0.717, 1.165) is 6.04 Å². The Morgan fingerprint density at radius 2 is 1.50 bits per heavy atom. The molecule has 0 saturated carbocycles. The zero-order valence-electron chi connectivity index (χ0n) is 21.2. The first-order valence-corrected chi connectivity index (χ1v) is 17.7. The van der Waals surface area contributed by atoms with Gasteiger partial charge in [-0.1, -0.05) is 124 Å². The highest BCUT2D eigenvalue weighted by molar-refractivity contribution is 6.79. The van der Waals surface area contributed by atoms with E-state index in [9.17, 15) is 4.39 Å². The van der Waals surface area contributed by atoms with Crippen molar-refractivity contribution in [2.75, 3.05) is 0 Å². The Morgan fingerprint density at radius 1 is 0.967 bits per heavy atom. The van der Waals surface area contributed by atoms with Crippen LogP contribution in [0.5, 0.6) is 5.75 Å². The Hall–Kier alpha value is -0.616.